The highest BCUT2D eigenvalue weighted by atomic mass is 19.4. The lowest BCUT2D eigenvalue weighted by Gasteiger charge is -2.35. The van der Waals surface area contributed by atoms with Gasteiger partial charge in [0.1, 0.15) is 5.75 Å². The number of anilines is 1. The number of rotatable bonds is 5. The second-order valence-electron chi connectivity index (χ2n) is 6.10. The number of halogens is 3. The molecular formula is C18H19F3N4O2. The minimum Gasteiger partial charge on any atom is -0.406 e. The average molecular weight is 380 g/mol. The SMILES string of the molecule is O=C(CN1CCNCC1c1cccnc1)Nc1ccc(OC(F)(F)F)cc1. The Morgan fingerprint density at radius 3 is 2.74 bits per heavy atom. The van der Waals surface area contributed by atoms with Gasteiger partial charge < -0.3 is 15.4 Å². The van der Waals surface area contributed by atoms with E-state index in [1.165, 1.54) is 12.1 Å². The Labute approximate surface area is 154 Å². The third-order valence-corrected chi connectivity index (χ3v) is 4.14. The molecule has 1 saturated heterocycles. The quantitative estimate of drug-likeness (QED) is 0.835. The van der Waals surface area contributed by atoms with E-state index >= 15 is 0 Å². The number of pyridine rings is 1. The van der Waals surface area contributed by atoms with Crippen LogP contribution in [0.25, 0.3) is 0 Å². The van der Waals surface area contributed by atoms with E-state index in [0.29, 0.717) is 18.8 Å². The van der Waals surface area contributed by atoms with Crippen LogP contribution in [0.2, 0.25) is 0 Å². The number of amides is 1. The van der Waals surface area contributed by atoms with Crippen LogP contribution in [0.4, 0.5) is 18.9 Å². The van der Waals surface area contributed by atoms with E-state index in [4.69, 9.17) is 0 Å². The Kier molecular flexibility index (Phi) is 5.92. The number of carbonyl (C=O) groups excluding carboxylic acids is 1. The van der Waals surface area contributed by atoms with Gasteiger partial charge in [-0.1, -0.05) is 6.07 Å². The first-order valence-electron chi connectivity index (χ1n) is 8.41. The molecule has 1 aliphatic heterocycles. The van der Waals surface area contributed by atoms with Gasteiger partial charge in [0.05, 0.1) is 6.54 Å². The van der Waals surface area contributed by atoms with Crippen LogP contribution in [0, 0.1) is 0 Å². The van der Waals surface area contributed by atoms with Crippen LogP contribution in [0.3, 0.4) is 0 Å². The molecule has 2 aromatic rings. The molecule has 144 valence electrons. The molecule has 0 radical (unpaired) electrons. The van der Waals surface area contributed by atoms with Crippen LogP contribution in [0.15, 0.2) is 48.8 Å². The fourth-order valence-electron chi connectivity index (χ4n) is 2.96. The smallest absolute Gasteiger partial charge is 0.406 e. The summed E-state index contributed by atoms with van der Waals surface area (Å²) in [7, 11) is 0. The highest BCUT2D eigenvalue weighted by Crippen LogP contribution is 2.24. The minimum atomic E-state index is -4.74. The van der Waals surface area contributed by atoms with Gasteiger partial charge in [-0.3, -0.25) is 14.7 Å². The second-order valence-corrected chi connectivity index (χ2v) is 6.10. The number of hydrogen-bond acceptors (Lipinski definition) is 5. The lowest BCUT2D eigenvalue weighted by molar-refractivity contribution is -0.274. The van der Waals surface area contributed by atoms with Crippen molar-refractivity contribution in [2.45, 2.75) is 12.4 Å². The molecule has 0 bridgehead atoms. The maximum absolute atomic E-state index is 12.4. The van der Waals surface area contributed by atoms with Gasteiger partial charge in [0.2, 0.25) is 5.91 Å². The van der Waals surface area contributed by atoms with E-state index < -0.39 is 6.36 Å². The van der Waals surface area contributed by atoms with Gasteiger partial charge >= 0.3 is 6.36 Å². The Balaban J connectivity index is 1.59. The van der Waals surface area contributed by atoms with Crippen molar-refractivity contribution in [1.29, 1.82) is 0 Å². The summed E-state index contributed by atoms with van der Waals surface area (Å²) in [6.45, 7) is 2.35. The molecule has 27 heavy (non-hydrogen) atoms. The van der Waals surface area contributed by atoms with E-state index in [1.807, 2.05) is 17.0 Å². The van der Waals surface area contributed by atoms with Gasteiger partial charge in [-0.05, 0) is 35.9 Å². The van der Waals surface area contributed by atoms with Gasteiger partial charge in [0, 0.05) is 43.8 Å². The first-order chi connectivity index (χ1) is 12.9. The first kappa shape index (κ1) is 19.1. The van der Waals surface area contributed by atoms with Crippen LogP contribution >= 0.6 is 0 Å². The van der Waals surface area contributed by atoms with E-state index in [9.17, 15) is 18.0 Å². The fourth-order valence-corrected chi connectivity index (χ4v) is 2.96. The van der Waals surface area contributed by atoms with Crippen LogP contribution < -0.4 is 15.4 Å². The Bertz CT molecular complexity index is 753. The maximum atomic E-state index is 12.4. The summed E-state index contributed by atoms with van der Waals surface area (Å²) < 4.78 is 40.4. The number of hydrogen-bond donors (Lipinski definition) is 2. The summed E-state index contributed by atoms with van der Waals surface area (Å²) in [5.74, 6) is -0.575. The number of benzene rings is 1. The van der Waals surface area contributed by atoms with Crippen molar-refractivity contribution in [1.82, 2.24) is 15.2 Å². The maximum Gasteiger partial charge on any atom is 0.573 e. The molecule has 9 heteroatoms. The summed E-state index contributed by atoms with van der Waals surface area (Å²) >= 11 is 0. The van der Waals surface area contributed by atoms with Gasteiger partial charge in [0.25, 0.3) is 0 Å². The number of nitrogens with one attached hydrogen (secondary N) is 2. The lowest BCUT2D eigenvalue weighted by atomic mass is 10.1. The predicted octanol–water partition coefficient (Wildman–Crippen LogP) is 2.57. The second kappa shape index (κ2) is 8.36. The van der Waals surface area contributed by atoms with Gasteiger partial charge in [-0.25, -0.2) is 0 Å². The molecular weight excluding hydrogens is 361 g/mol. The number of ether oxygens (including phenoxy) is 1. The van der Waals surface area contributed by atoms with Crippen molar-refractivity contribution in [3.05, 3.63) is 54.4 Å². The highest BCUT2D eigenvalue weighted by molar-refractivity contribution is 5.92. The van der Waals surface area contributed by atoms with Crippen molar-refractivity contribution >= 4 is 11.6 Å². The summed E-state index contributed by atoms with van der Waals surface area (Å²) in [6.07, 6.45) is -1.26. The zero-order valence-electron chi connectivity index (χ0n) is 14.4. The normalized spacial score (nSPS) is 18.1. The summed E-state index contributed by atoms with van der Waals surface area (Å²) in [5, 5.41) is 6.00. The molecule has 1 aromatic heterocycles. The molecule has 1 fully saturated rings. The summed E-state index contributed by atoms with van der Waals surface area (Å²) in [5.41, 5.74) is 1.42. The third kappa shape index (κ3) is 5.66. The van der Waals surface area contributed by atoms with Crippen molar-refractivity contribution in [2.24, 2.45) is 0 Å². The number of nitrogens with zero attached hydrogens (tertiary/aromatic N) is 2. The molecule has 1 unspecified atom stereocenters. The average Bonchev–Trinajstić information content (AvgIpc) is 2.63. The number of alkyl halides is 3. The van der Waals surface area contributed by atoms with Crippen molar-refractivity contribution in [3.63, 3.8) is 0 Å². The monoisotopic (exact) mass is 380 g/mol. The molecule has 1 atom stereocenters. The number of carbonyl (C=O) groups is 1. The zero-order valence-corrected chi connectivity index (χ0v) is 14.4. The molecule has 1 aromatic carbocycles. The Morgan fingerprint density at radius 2 is 2.07 bits per heavy atom. The van der Waals surface area contributed by atoms with E-state index in [1.54, 1.807) is 12.4 Å². The minimum absolute atomic E-state index is 0.0285. The largest absolute Gasteiger partial charge is 0.573 e. The van der Waals surface area contributed by atoms with Crippen LogP contribution in [0.5, 0.6) is 5.75 Å². The van der Waals surface area contributed by atoms with Crippen molar-refractivity contribution in [3.8, 4) is 5.75 Å². The summed E-state index contributed by atoms with van der Waals surface area (Å²) in [4.78, 5) is 18.5. The van der Waals surface area contributed by atoms with E-state index in [-0.39, 0.29) is 24.2 Å². The van der Waals surface area contributed by atoms with Gasteiger partial charge in [-0.15, -0.1) is 13.2 Å². The molecule has 0 spiro atoms. The Hall–Kier alpha value is -2.65. The molecule has 2 N–H and O–H groups in total. The summed E-state index contributed by atoms with van der Waals surface area (Å²) in [6, 6.07) is 8.91. The Morgan fingerprint density at radius 1 is 1.30 bits per heavy atom. The zero-order chi connectivity index (χ0) is 19.3. The molecule has 2 heterocycles. The van der Waals surface area contributed by atoms with E-state index in [0.717, 1.165) is 24.2 Å². The highest BCUT2D eigenvalue weighted by Gasteiger charge is 2.31. The lowest BCUT2D eigenvalue weighted by Crippen LogP contribution is -2.48. The molecule has 1 amide bonds. The molecule has 0 aliphatic carbocycles. The van der Waals surface area contributed by atoms with Gasteiger partial charge in [-0.2, -0.15) is 0 Å². The third-order valence-electron chi connectivity index (χ3n) is 4.14. The molecule has 6 nitrogen and oxygen atoms in total. The topological polar surface area (TPSA) is 66.5 Å². The van der Waals surface area contributed by atoms with Gasteiger partial charge in [0.15, 0.2) is 0 Å². The van der Waals surface area contributed by atoms with Crippen molar-refractivity contribution < 1.29 is 22.7 Å². The predicted molar refractivity (Wildman–Crippen MR) is 93.2 cm³/mol. The molecule has 1 aliphatic rings. The first-order valence-corrected chi connectivity index (χ1v) is 8.41. The van der Waals surface area contributed by atoms with Crippen molar-refractivity contribution in [2.75, 3.05) is 31.5 Å². The molecule has 3 rings (SSSR count). The van der Waals surface area contributed by atoms with Crippen LogP contribution in [-0.4, -0.2) is 48.3 Å². The standard InChI is InChI=1S/C18H19F3N4O2/c19-18(20,21)27-15-5-3-14(4-6-15)24-17(26)12-25-9-8-23-11-16(25)13-2-1-7-22-10-13/h1-7,10,16,23H,8-9,11-12H2,(H,24,26). The van der Waals surface area contributed by atoms with E-state index in [2.05, 4.69) is 20.4 Å². The van der Waals surface area contributed by atoms with Crippen LogP contribution in [0.1, 0.15) is 11.6 Å². The van der Waals surface area contributed by atoms with Crippen LogP contribution in [-0.2, 0) is 4.79 Å². The number of piperazine rings is 1. The number of aromatic nitrogens is 1. The fraction of sp³-hybridized carbons (Fsp3) is 0.333. The molecule has 0 saturated carbocycles.